The summed E-state index contributed by atoms with van der Waals surface area (Å²) in [5.74, 6) is -0.497. The first-order valence-corrected chi connectivity index (χ1v) is 10.4. The molecule has 0 fully saturated rings. The molecule has 0 saturated heterocycles. The zero-order valence-electron chi connectivity index (χ0n) is 18.5. The van der Waals surface area contributed by atoms with Crippen molar-refractivity contribution < 1.29 is 14.0 Å². The molecule has 0 radical (unpaired) electrons. The second-order valence-corrected chi connectivity index (χ2v) is 9.14. The summed E-state index contributed by atoms with van der Waals surface area (Å²) in [5, 5.41) is 2.68. The third-order valence-corrected chi connectivity index (χ3v) is 5.76. The van der Waals surface area contributed by atoms with Gasteiger partial charge in [-0.25, -0.2) is 9.37 Å². The first-order chi connectivity index (χ1) is 14.1. The van der Waals surface area contributed by atoms with Gasteiger partial charge in [0.1, 0.15) is 17.3 Å². The fourth-order valence-corrected chi connectivity index (χ4v) is 4.04. The molecule has 2 heterocycles. The maximum absolute atomic E-state index is 13.9. The van der Waals surface area contributed by atoms with Crippen molar-refractivity contribution in [1.82, 2.24) is 19.8 Å². The number of hydrogen-bond donors (Lipinski definition) is 1. The summed E-state index contributed by atoms with van der Waals surface area (Å²) >= 11 is 0. The molecule has 30 heavy (non-hydrogen) atoms. The summed E-state index contributed by atoms with van der Waals surface area (Å²) in [6, 6.07) is 6.30. The quantitative estimate of drug-likeness (QED) is 0.761. The van der Waals surface area contributed by atoms with Gasteiger partial charge in [-0.3, -0.25) is 9.59 Å². The summed E-state index contributed by atoms with van der Waals surface area (Å²) in [6.45, 7) is 8.08. The SMILES string of the molecule is CNC(=O)[C@@H](CC(=O)c1nc(-c2cccc(F)c2)n2c1CN(C)CCC2)C(C)(C)C. The molecule has 2 aromatic rings. The number of aromatic nitrogens is 2. The Morgan fingerprint density at radius 1 is 1.27 bits per heavy atom. The smallest absolute Gasteiger partial charge is 0.223 e. The van der Waals surface area contributed by atoms with Gasteiger partial charge in [0.25, 0.3) is 0 Å². The summed E-state index contributed by atoms with van der Waals surface area (Å²) in [5.41, 5.74) is 1.51. The van der Waals surface area contributed by atoms with E-state index < -0.39 is 5.92 Å². The van der Waals surface area contributed by atoms with E-state index in [2.05, 4.69) is 15.2 Å². The molecule has 1 aromatic heterocycles. The van der Waals surface area contributed by atoms with E-state index in [4.69, 9.17) is 0 Å². The number of benzene rings is 1. The van der Waals surface area contributed by atoms with E-state index in [-0.39, 0.29) is 29.3 Å². The maximum Gasteiger partial charge on any atom is 0.223 e. The number of rotatable bonds is 5. The molecule has 0 aliphatic carbocycles. The van der Waals surface area contributed by atoms with Gasteiger partial charge in [0.2, 0.25) is 5.91 Å². The van der Waals surface area contributed by atoms with Gasteiger partial charge in [-0.1, -0.05) is 32.9 Å². The number of Topliss-reactive ketones (excluding diaryl/α,β-unsaturated/α-hetero) is 1. The lowest BCUT2D eigenvalue weighted by Gasteiger charge is -2.28. The van der Waals surface area contributed by atoms with Crippen LogP contribution >= 0.6 is 0 Å². The lowest BCUT2D eigenvalue weighted by atomic mass is 9.77. The number of nitrogens with one attached hydrogen (secondary N) is 1. The zero-order valence-corrected chi connectivity index (χ0v) is 18.5. The van der Waals surface area contributed by atoms with Crippen molar-refractivity contribution in [2.24, 2.45) is 11.3 Å². The predicted molar refractivity (Wildman–Crippen MR) is 115 cm³/mol. The van der Waals surface area contributed by atoms with Crippen LogP contribution < -0.4 is 5.32 Å². The van der Waals surface area contributed by atoms with E-state index in [1.54, 1.807) is 13.1 Å². The highest BCUT2D eigenvalue weighted by molar-refractivity contribution is 5.98. The Kier molecular flexibility index (Phi) is 6.41. The van der Waals surface area contributed by atoms with Crippen LogP contribution in [-0.2, 0) is 17.9 Å². The van der Waals surface area contributed by atoms with Gasteiger partial charge in [0, 0.05) is 32.1 Å². The summed E-state index contributed by atoms with van der Waals surface area (Å²) < 4.78 is 15.9. The van der Waals surface area contributed by atoms with Crippen molar-refractivity contribution in [3.63, 3.8) is 0 Å². The molecule has 1 N–H and O–H groups in total. The van der Waals surface area contributed by atoms with Crippen LogP contribution in [0.3, 0.4) is 0 Å². The minimum absolute atomic E-state index is 0.0828. The fourth-order valence-electron chi connectivity index (χ4n) is 4.04. The highest BCUT2D eigenvalue weighted by Gasteiger charge is 2.35. The number of amides is 1. The van der Waals surface area contributed by atoms with Crippen LogP contribution in [0.5, 0.6) is 0 Å². The highest BCUT2D eigenvalue weighted by atomic mass is 19.1. The topological polar surface area (TPSA) is 67.2 Å². The average molecular weight is 415 g/mol. The van der Waals surface area contributed by atoms with Gasteiger partial charge >= 0.3 is 0 Å². The Morgan fingerprint density at radius 2 is 2.00 bits per heavy atom. The Hall–Kier alpha value is -2.54. The van der Waals surface area contributed by atoms with Crippen molar-refractivity contribution >= 4 is 11.7 Å². The van der Waals surface area contributed by atoms with E-state index in [1.807, 2.05) is 38.5 Å². The molecule has 0 unspecified atom stereocenters. The van der Waals surface area contributed by atoms with Crippen molar-refractivity contribution in [2.75, 3.05) is 20.6 Å². The fraction of sp³-hybridized carbons (Fsp3) is 0.522. The largest absolute Gasteiger partial charge is 0.359 e. The minimum Gasteiger partial charge on any atom is -0.359 e. The van der Waals surface area contributed by atoms with Crippen LogP contribution in [0.1, 0.15) is 49.8 Å². The highest BCUT2D eigenvalue weighted by Crippen LogP contribution is 2.32. The van der Waals surface area contributed by atoms with E-state index in [0.717, 1.165) is 18.7 Å². The number of imidazole rings is 1. The van der Waals surface area contributed by atoms with Crippen LogP contribution in [0.2, 0.25) is 0 Å². The molecular formula is C23H31FN4O2. The molecule has 3 rings (SSSR count). The van der Waals surface area contributed by atoms with Crippen molar-refractivity contribution in [3.8, 4) is 11.4 Å². The maximum atomic E-state index is 13.9. The Balaban J connectivity index is 2.05. The molecule has 1 aliphatic rings. The number of nitrogens with zero attached hydrogens (tertiary/aromatic N) is 3. The molecule has 162 valence electrons. The predicted octanol–water partition coefficient (Wildman–Crippen LogP) is 3.51. The number of hydrogen-bond acceptors (Lipinski definition) is 4. The van der Waals surface area contributed by atoms with Crippen molar-refractivity contribution in [2.45, 2.75) is 46.7 Å². The first-order valence-electron chi connectivity index (χ1n) is 10.4. The molecule has 0 spiro atoms. The second-order valence-electron chi connectivity index (χ2n) is 9.14. The van der Waals surface area contributed by atoms with Gasteiger partial charge in [0.05, 0.1) is 11.6 Å². The zero-order chi connectivity index (χ0) is 22.1. The number of carbonyl (C=O) groups excluding carboxylic acids is 2. The number of ketones is 1. The lowest BCUT2D eigenvalue weighted by molar-refractivity contribution is -0.127. The standard InChI is InChI=1S/C23H31FN4O2/c1-23(2,3)17(22(30)25-4)13-19(29)20-18-14-27(5)10-7-11-28(18)21(26-20)15-8-6-9-16(24)12-15/h6,8-9,12,17H,7,10-11,13-14H2,1-5H3,(H,25,30)/t17-/m1/s1. The van der Waals surface area contributed by atoms with Gasteiger partial charge in [-0.2, -0.15) is 0 Å². The Bertz CT molecular complexity index is 945. The summed E-state index contributed by atoms with van der Waals surface area (Å²) in [6.07, 6.45) is 0.998. The van der Waals surface area contributed by atoms with E-state index in [1.165, 1.54) is 12.1 Å². The molecule has 1 atom stereocenters. The number of fused-ring (bicyclic) bond motifs is 1. The molecule has 0 bridgehead atoms. The molecule has 7 heteroatoms. The van der Waals surface area contributed by atoms with Gasteiger partial charge in [-0.05, 0) is 37.6 Å². The average Bonchev–Trinajstić information content (AvgIpc) is 2.91. The molecule has 1 aliphatic heterocycles. The van der Waals surface area contributed by atoms with Gasteiger partial charge in [0.15, 0.2) is 5.78 Å². The van der Waals surface area contributed by atoms with E-state index in [0.29, 0.717) is 30.2 Å². The van der Waals surface area contributed by atoms with Crippen LogP contribution in [0.4, 0.5) is 4.39 Å². The van der Waals surface area contributed by atoms with Crippen LogP contribution in [0.15, 0.2) is 24.3 Å². The molecule has 6 nitrogen and oxygen atoms in total. The lowest BCUT2D eigenvalue weighted by Crippen LogP contribution is -2.37. The van der Waals surface area contributed by atoms with E-state index in [9.17, 15) is 14.0 Å². The molecular weight excluding hydrogens is 383 g/mol. The van der Waals surface area contributed by atoms with Gasteiger partial charge in [-0.15, -0.1) is 0 Å². The summed E-state index contributed by atoms with van der Waals surface area (Å²) in [7, 11) is 3.60. The second kappa shape index (κ2) is 8.68. The Morgan fingerprint density at radius 3 is 2.63 bits per heavy atom. The van der Waals surface area contributed by atoms with Crippen LogP contribution in [0.25, 0.3) is 11.4 Å². The molecule has 1 aromatic carbocycles. The van der Waals surface area contributed by atoms with Crippen molar-refractivity contribution in [1.29, 1.82) is 0 Å². The van der Waals surface area contributed by atoms with Crippen LogP contribution in [-0.4, -0.2) is 46.8 Å². The Labute approximate surface area is 177 Å². The van der Waals surface area contributed by atoms with Gasteiger partial charge < -0.3 is 14.8 Å². The van der Waals surface area contributed by atoms with Crippen molar-refractivity contribution in [3.05, 3.63) is 41.5 Å². The first kappa shape index (κ1) is 22.2. The third kappa shape index (κ3) is 4.61. The number of carbonyl (C=O) groups is 2. The monoisotopic (exact) mass is 414 g/mol. The normalized spacial score (nSPS) is 15.9. The third-order valence-electron chi connectivity index (χ3n) is 5.76. The molecule has 1 amide bonds. The minimum atomic E-state index is -0.464. The molecule has 0 saturated carbocycles. The van der Waals surface area contributed by atoms with E-state index >= 15 is 0 Å². The number of halogens is 1. The summed E-state index contributed by atoms with van der Waals surface area (Å²) in [4.78, 5) is 32.7. The van der Waals surface area contributed by atoms with Crippen LogP contribution in [0, 0.1) is 17.2 Å².